The predicted molar refractivity (Wildman–Crippen MR) is 122 cm³/mol. The molecule has 1 amide bonds. The van der Waals surface area contributed by atoms with E-state index in [2.05, 4.69) is 14.9 Å². The molecule has 12 heteroatoms. The second-order valence-corrected chi connectivity index (χ2v) is 7.41. The number of halogens is 3. The van der Waals surface area contributed by atoms with Crippen molar-refractivity contribution in [3.8, 4) is 5.75 Å². The molecule has 4 rings (SSSR count). The minimum atomic E-state index is -5.08. The molecule has 0 aliphatic carbocycles. The standard InChI is InChI=1S/C21H22N4O3.C2HF3O2/c1-2-28-18-10-6-5-9-17(18)24-11-13-25(14-12-24)21(27)19-22-16-8-4-3-7-15(16)20(26)23-19;3-2(4,5)1(6)7/h3-10H,2,11-14H2,1H3,(H,22,23,26);(H,6,7). The molecular formula is C23H23F3N4O5. The summed E-state index contributed by atoms with van der Waals surface area (Å²) in [6.45, 7) is 5.05. The molecule has 3 aromatic rings. The third-order valence-electron chi connectivity index (χ3n) is 5.13. The zero-order valence-corrected chi connectivity index (χ0v) is 18.7. The number of ether oxygens (including phenoxy) is 1. The van der Waals surface area contributed by atoms with Crippen LogP contribution in [0.4, 0.5) is 18.9 Å². The van der Waals surface area contributed by atoms with E-state index in [-0.39, 0.29) is 17.3 Å². The Morgan fingerprint density at radius 3 is 2.29 bits per heavy atom. The molecule has 1 aliphatic rings. The summed E-state index contributed by atoms with van der Waals surface area (Å²) in [5, 5.41) is 7.61. The van der Waals surface area contributed by atoms with Gasteiger partial charge in [0, 0.05) is 26.2 Å². The van der Waals surface area contributed by atoms with E-state index in [1.165, 1.54) is 0 Å². The number of anilines is 1. The lowest BCUT2D eigenvalue weighted by molar-refractivity contribution is -0.192. The number of fused-ring (bicyclic) bond motifs is 1. The molecule has 0 atom stereocenters. The number of amides is 1. The monoisotopic (exact) mass is 492 g/mol. The lowest BCUT2D eigenvalue weighted by atomic mass is 10.2. The van der Waals surface area contributed by atoms with Crippen LogP contribution < -0.4 is 15.2 Å². The van der Waals surface area contributed by atoms with Gasteiger partial charge in [-0.3, -0.25) is 9.59 Å². The van der Waals surface area contributed by atoms with E-state index in [9.17, 15) is 22.8 Å². The molecule has 1 aliphatic heterocycles. The molecule has 2 N–H and O–H groups in total. The van der Waals surface area contributed by atoms with Crippen LogP contribution in [0.15, 0.2) is 53.3 Å². The van der Waals surface area contributed by atoms with Gasteiger partial charge in [-0.1, -0.05) is 24.3 Å². The van der Waals surface area contributed by atoms with Crippen molar-refractivity contribution in [2.75, 3.05) is 37.7 Å². The third kappa shape index (κ3) is 6.28. The number of alkyl halides is 3. The number of hydrogen-bond donors (Lipinski definition) is 2. The maximum absolute atomic E-state index is 12.9. The molecule has 9 nitrogen and oxygen atoms in total. The van der Waals surface area contributed by atoms with E-state index >= 15 is 0 Å². The van der Waals surface area contributed by atoms with E-state index in [0.29, 0.717) is 43.7 Å². The summed E-state index contributed by atoms with van der Waals surface area (Å²) in [6.07, 6.45) is -5.08. The summed E-state index contributed by atoms with van der Waals surface area (Å²) in [5.74, 6) is -2.06. The summed E-state index contributed by atoms with van der Waals surface area (Å²) >= 11 is 0. The molecule has 1 aromatic heterocycles. The van der Waals surface area contributed by atoms with Crippen molar-refractivity contribution in [1.29, 1.82) is 0 Å². The van der Waals surface area contributed by atoms with Crippen LogP contribution in [0, 0.1) is 0 Å². The second kappa shape index (κ2) is 10.9. The van der Waals surface area contributed by atoms with Gasteiger partial charge in [0.25, 0.3) is 11.5 Å². The van der Waals surface area contributed by atoms with E-state index < -0.39 is 12.1 Å². The maximum Gasteiger partial charge on any atom is 0.490 e. The molecule has 2 aromatic carbocycles. The van der Waals surface area contributed by atoms with E-state index in [0.717, 1.165) is 11.4 Å². The molecule has 2 heterocycles. The van der Waals surface area contributed by atoms with E-state index in [1.54, 1.807) is 29.2 Å². The third-order valence-corrected chi connectivity index (χ3v) is 5.13. The van der Waals surface area contributed by atoms with Gasteiger partial charge in [-0.05, 0) is 31.2 Å². The number of carbonyl (C=O) groups excluding carboxylic acids is 1. The summed E-state index contributed by atoms with van der Waals surface area (Å²) in [4.78, 5) is 44.9. The molecule has 0 unspecified atom stereocenters. The first-order valence-corrected chi connectivity index (χ1v) is 10.7. The number of carboxylic acids is 1. The Labute approximate surface area is 197 Å². The Bertz CT molecular complexity index is 1250. The highest BCUT2D eigenvalue weighted by atomic mass is 19.4. The Morgan fingerprint density at radius 2 is 1.66 bits per heavy atom. The molecule has 0 spiro atoms. The fourth-order valence-corrected chi connectivity index (χ4v) is 3.48. The zero-order valence-electron chi connectivity index (χ0n) is 18.7. The SMILES string of the molecule is CCOc1ccccc1N1CCN(C(=O)c2nc3ccccc3c(=O)[nH]2)CC1.O=C(O)C(F)(F)F. The van der Waals surface area contributed by atoms with Crippen molar-refractivity contribution >= 4 is 28.5 Å². The number of aliphatic carboxylic acids is 1. The van der Waals surface area contributed by atoms with Crippen molar-refractivity contribution in [2.24, 2.45) is 0 Å². The summed E-state index contributed by atoms with van der Waals surface area (Å²) in [5.41, 5.74) is 1.27. The van der Waals surface area contributed by atoms with Crippen LogP contribution in [0.5, 0.6) is 5.75 Å². The van der Waals surface area contributed by atoms with Gasteiger partial charge in [0.15, 0.2) is 5.82 Å². The molecule has 0 bridgehead atoms. The molecular weight excluding hydrogens is 469 g/mol. The highest BCUT2D eigenvalue weighted by Crippen LogP contribution is 2.29. The average molecular weight is 492 g/mol. The summed E-state index contributed by atoms with van der Waals surface area (Å²) in [6, 6.07) is 15.0. The molecule has 35 heavy (non-hydrogen) atoms. The van der Waals surface area contributed by atoms with Crippen LogP contribution >= 0.6 is 0 Å². The fraction of sp³-hybridized carbons (Fsp3) is 0.304. The number of H-pyrrole nitrogens is 1. The minimum absolute atomic E-state index is 0.0897. The Kier molecular flexibility index (Phi) is 7.94. The zero-order chi connectivity index (χ0) is 25.6. The van der Waals surface area contributed by atoms with Crippen LogP contribution in [0.1, 0.15) is 17.5 Å². The molecule has 186 valence electrons. The van der Waals surface area contributed by atoms with E-state index in [1.807, 2.05) is 31.2 Å². The van der Waals surface area contributed by atoms with Gasteiger partial charge in [-0.2, -0.15) is 13.2 Å². The summed E-state index contributed by atoms with van der Waals surface area (Å²) < 4.78 is 37.5. The van der Waals surface area contributed by atoms with Crippen LogP contribution in [0.3, 0.4) is 0 Å². The normalized spacial score (nSPS) is 13.7. The van der Waals surface area contributed by atoms with Crippen molar-refractivity contribution in [3.05, 3.63) is 64.7 Å². The van der Waals surface area contributed by atoms with Gasteiger partial charge < -0.3 is 24.6 Å². The van der Waals surface area contributed by atoms with Crippen molar-refractivity contribution < 1.29 is 32.6 Å². The minimum Gasteiger partial charge on any atom is -0.492 e. The number of nitrogens with zero attached hydrogens (tertiary/aromatic N) is 3. The first-order valence-electron chi connectivity index (χ1n) is 10.7. The number of benzene rings is 2. The fourth-order valence-electron chi connectivity index (χ4n) is 3.48. The van der Waals surface area contributed by atoms with Gasteiger partial charge in [-0.25, -0.2) is 9.78 Å². The maximum atomic E-state index is 12.9. The Balaban J connectivity index is 0.000000429. The average Bonchev–Trinajstić information content (AvgIpc) is 2.84. The number of carbonyl (C=O) groups is 2. The van der Waals surface area contributed by atoms with Gasteiger partial charge in [0.05, 0.1) is 23.2 Å². The van der Waals surface area contributed by atoms with Crippen molar-refractivity contribution in [3.63, 3.8) is 0 Å². The number of carboxylic acid groups (broad SMARTS) is 1. The largest absolute Gasteiger partial charge is 0.492 e. The quantitative estimate of drug-likeness (QED) is 0.575. The Morgan fingerprint density at radius 1 is 1.06 bits per heavy atom. The van der Waals surface area contributed by atoms with Gasteiger partial charge >= 0.3 is 12.1 Å². The molecule has 0 saturated carbocycles. The number of piperazine rings is 1. The van der Waals surface area contributed by atoms with Crippen LogP contribution in [0.2, 0.25) is 0 Å². The highest BCUT2D eigenvalue weighted by molar-refractivity contribution is 5.92. The van der Waals surface area contributed by atoms with Gasteiger partial charge in [0.1, 0.15) is 5.75 Å². The molecule has 1 saturated heterocycles. The number of aromatic amines is 1. The van der Waals surface area contributed by atoms with Gasteiger partial charge in [-0.15, -0.1) is 0 Å². The first-order chi connectivity index (χ1) is 16.6. The van der Waals surface area contributed by atoms with Crippen LogP contribution in [-0.2, 0) is 4.79 Å². The number of hydrogen-bond acceptors (Lipinski definition) is 6. The van der Waals surface area contributed by atoms with Gasteiger partial charge in [0.2, 0.25) is 0 Å². The van der Waals surface area contributed by atoms with Crippen LogP contribution in [0.25, 0.3) is 10.9 Å². The summed E-state index contributed by atoms with van der Waals surface area (Å²) in [7, 11) is 0. The lowest BCUT2D eigenvalue weighted by Gasteiger charge is -2.36. The smallest absolute Gasteiger partial charge is 0.490 e. The van der Waals surface area contributed by atoms with Crippen molar-refractivity contribution in [2.45, 2.75) is 13.1 Å². The number of aromatic nitrogens is 2. The van der Waals surface area contributed by atoms with E-state index in [4.69, 9.17) is 14.6 Å². The molecule has 1 fully saturated rings. The highest BCUT2D eigenvalue weighted by Gasteiger charge is 2.38. The topological polar surface area (TPSA) is 116 Å². The van der Waals surface area contributed by atoms with Crippen molar-refractivity contribution in [1.82, 2.24) is 14.9 Å². The number of nitrogens with one attached hydrogen (secondary N) is 1. The second-order valence-electron chi connectivity index (χ2n) is 7.41. The Hall–Kier alpha value is -4.09. The molecule has 0 radical (unpaired) electrons. The van der Waals surface area contributed by atoms with Crippen LogP contribution in [-0.4, -0.2) is 70.8 Å². The lowest BCUT2D eigenvalue weighted by Crippen LogP contribution is -2.49. The number of para-hydroxylation sites is 3. The predicted octanol–water partition coefficient (Wildman–Crippen LogP) is 2.92. The first kappa shape index (κ1) is 25.5. The number of rotatable bonds is 4.